The summed E-state index contributed by atoms with van der Waals surface area (Å²) in [6.07, 6.45) is -1.18. The molecule has 1 aromatic rings. The van der Waals surface area contributed by atoms with Gasteiger partial charge in [-0.25, -0.2) is 4.39 Å². The summed E-state index contributed by atoms with van der Waals surface area (Å²) in [5, 5.41) is 8.52. The maximum absolute atomic E-state index is 14.0. The molecule has 1 aliphatic heterocycles. The Morgan fingerprint density at radius 3 is 2.65 bits per heavy atom. The molecule has 106 valence electrons. The highest BCUT2D eigenvalue weighted by molar-refractivity contribution is 6.10. The largest absolute Gasteiger partial charge is 0.481 e. The van der Waals surface area contributed by atoms with E-state index in [2.05, 4.69) is 0 Å². The highest BCUT2D eigenvalue weighted by atomic mass is 19.1. The summed E-state index contributed by atoms with van der Waals surface area (Å²) in [5.41, 5.74) is 0.294. The van der Waals surface area contributed by atoms with E-state index < -0.39 is 24.0 Å². The third-order valence-corrected chi connectivity index (χ3v) is 3.21. The molecular formula is C14H14FNO4. The Labute approximate surface area is 115 Å². The van der Waals surface area contributed by atoms with E-state index >= 15 is 0 Å². The third-order valence-electron chi connectivity index (χ3n) is 3.21. The maximum Gasteiger partial charge on any atom is 0.303 e. The lowest BCUT2D eigenvalue weighted by Crippen LogP contribution is -2.44. The first kappa shape index (κ1) is 14.2. The van der Waals surface area contributed by atoms with Crippen molar-refractivity contribution < 1.29 is 23.9 Å². The summed E-state index contributed by atoms with van der Waals surface area (Å²) in [4.78, 5) is 35.2. The Morgan fingerprint density at radius 2 is 1.95 bits per heavy atom. The zero-order valence-corrected chi connectivity index (χ0v) is 10.7. The molecule has 1 heterocycles. The molecule has 0 saturated heterocycles. The van der Waals surface area contributed by atoms with Crippen molar-refractivity contribution in [3.05, 3.63) is 35.4 Å². The van der Waals surface area contributed by atoms with Crippen molar-refractivity contribution in [2.45, 2.75) is 25.4 Å². The molecular weight excluding hydrogens is 265 g/mol. The lowest BCUT2D eigenvalue weighted by molar-refractivity contribution is -0.137. The molecule has 0 aromatic heterocycles. The van der Waals surface area contributed by atoms with Crippen LogP contribution < -0.4 is 0 Å². The van der Waals surface area contributed by atoms with Gasteiger partial charge in [0.15, 0.2) is 0 Å². The fraction of sp³-hybridized carbons (Fsp3) is 0.357. The van der Waals surface area contributed by atoms with Gasteiger partial charge in [-0.3, -0.25) is 19.3 Å². The number of nitrogens with zero attached hydrogens (tertiary/aromatic N) is 1. The van der Waals surface area contributed by atoms with Gasteiger partial charge in [0.05, 0.1) is 0 Å². The van der Waals surface area contributed by atoms with Crippen LogP contribution in [0.5, 0.6) is 0 Å². The molecule has 1 unspecified atom stereocenters. The molecule has 1 atom stereocenters. The van der Waals surface area contributed by atoms with E-state index in [4.69, 9.17) is 5.11 Å². The van der Waals surface area contributed by atoms with Crippen LogP contribution in [0.1, 0.15) is 41.4 Å². The number of hydrogen-bond donors (Lipinski definition) is 1. The molecule has 0 saturated carbocycles. The standard InChI is InChI=1S/C14H14FNO4/c15-12-9-5-1-2-6-10(9)13(19)16(14(12)20)8-4-3-7-11(17)18/h1-2,5-6,12H,3-4,7-8H2,(H,17,18). The first-order valence-electron chi connectivity index (χ1n) is 6.33. The minimum Gasteiger partial charge on any atom is -0.481 e. The number of halogens is 1. The minimum atomic E-state index is -1.83. The zero-order valence-electron chi connectivity index (χ0n) is 10.7. The highest BCUT2D eigenvalue weighted by Gasteiger charge is 2.38. The Bertz CT molecular complexity index is 558. The Hall–Kier alpha value is -2.24. The average molecular weight is 279 g/mol. The highest BCUT2D eigenvalue weighted by Crippen LogP contribution is 2.30. The summed E-state index contributed by atoms with van der Waals surface area (Å²) < 4.78 is 14.0. The summed E-state index contributed by atoms with van der Waals surface area (Å²) in [5.74, 6) is -2.33. The van der Waals surface area contributed by atoms with E-state index in [1.54, 1.807) is 12.1 Å². The number of aliphatic carboxylic acids is 1. The zero-order chi connectivity index (χ0) is 14.7. The molecule has 0 spiro atoms. The van der Waals surface area contributed by atoms with Crippen molar-refractivity contribution in [2.75, 3.05) is 6.54 Å². The molecule has 2 amide bonds. The van der Waals surface area contributed by atoms with Gasteiger partial charge >= 0.3 is 5.97 Å². The van der Waals surface area contributed by atoms with Crippen LogP contribution in [0.4, 0.5) is 4.39 Å². The number of rotatable bonds is 5. The summed E-state index contributed by atoms with van der Waals surface area (Å²) in [7, 11) is 0. The lowest BCUT2D eigenvalue weighted by Gasteiger charge is -2.28. The van der Waals surface area contributed by atoms with Gasteiger partial charge in [0, 0.05) is 24.1 Å². The summed E-state index contributed by atoms with van der Waals surface area (Å²) in [6, 6.07) is 6.11. The van der Waals surface area contributed by atoms with E-state index in [1.807, 2.05) is 0 Å². The van der Waals surface area contributed by atoms with Crippen molar-refractivity contribution in [1.29, 1.82) is 0 Å². The van der Waals surface area contributed by atoms with Crippen LogP contribution >= 0.6 is 0 Å². The molecule has 6 heteroatoms. The molecule has 0 fully saturated rings. The quantitative estimate of drug-likeness (QED) is 0.660. The first-order valence-corrected chi connectivity index (χ1v) is 6.33. The van der Waals surface area contributed by atoms with E-state index in [9.17, 15) is 18.8 Å². The molecule has 5 nitrogen and oxygen atoms in total. The van der Waals surface area contributed by atoms with E-state index in [0.29, 0.717) is 12.8 Å². The van der Waals surface area contributed by atoms with Crippen LogP contribution in [0.3, 0.4) is 0 Å². The normalized spacial score (nSPS) is 18.1. The monoisotopic (exact) mass is 279 g/mol. The van der Waals surface area contributed by atoms with Crippen LogP contribution in [0.25, 0.3) is 0 Å². The van der Waals surface area contributed by atoms with Crippen LogP contribution in [0, 0.1) is 0 Å². The third kappa shape index (κ3) is 2.68. The second kappa shape index (κ2) is 5.81. The van der Waals surface area contributed by atoms with Gasteiger partial charge in [-0.2, -0.15) is 0 Å². The predicted molar refractivity (Wildman–Crippen MR) is 67.8 cm³/mol. The van der Waals surface area contributed by atoms with Gasteiger partial charge in [-0.05, 0) is 18.9 Å². The molecule has 1 N–H and O–H groups in total. The SMILES string of the molecule is O=C(O)CCCCN1C(=O)c2ccccc2C(F)C1=O. The first-order chi connectivity index (χ1) is 9.52. The molecule has 1 aliphatic rings. The average Bonchev–Trinajstić information content (AvgIpc) is 2.44. The van der Waals surface area contributed by atoms with Gasteiger partial charge in [0.2, 0.25) is 6.17 Å². The number of alkyl halides is 1. The van der Waals surface area contributed by atoms with Crippen LogP contribution in [0.15, 0.2) is 24.3 Å². The van der Waals surface area contributed by atoms with Gasteiger partial charge in [0.25, 0.3) is 11.8 Å². The van der Waals surface area contributed by atoms with Gasteiger partial charge < -0.3 is 5.11 Å². The van der Waals surface area contributed by atoms with E-state index in [0.717, 1.165) is 4.90 Å². The Kier molecular flexibility index (Phi) is 4.12. The van der Waals surface area contributed by atoms with Crippen LogP contribution in [0.2, 0.25) is 0 Å². The molecule has 0 radical (unpaired) electrons. The van der Waals surface area contributed by atoms with Gasteiger partial charge in [0.1, 0.15) is 0 Å². The number of amides is 2. The van der Waals surface area contributed by atoms with E-state index in [1.165, 1.54) is 12.1 Å². The molecule has 1 aromatic carbocycles. The number of carbonyl (C=O) groups is 3. The Balaban J connectivity index is 2.10. The molecule has 0 aliphatic carbocycles. The smallest absolute Gasteiger partial charge is 0.303 e. The second-order valence-electron chi connectivity index (χ2n) is 4.60. The number of imide groups is 1. The molecule has 20 heavy (non-hydrogen) atoms. The number of fused-ring (bicyclic) bond motifs is 1. The van der Waals surface area contributed by atoms with Gasteiger partial charge in [-0.15, -0.1) is 0 Å². The number of hydrogen-bond acceptors (Lipinski definition) is 3. The second-order valence-corrected chi connectivity index (χ2v) is 4.60. The summed E-state index contributed by atoms with van der Waals surface area (Å²) in [6.45, 7) is 0.0414. The lowest BCUT2D eigenvalue weighted by atomic mass is 9.97. The van der Waals surface area contributed by atoms with Crippen LogP contribution in [-0.2, 0) is 9.59 Å². The van der Waals surface area contributed by atoms with Crippen molar-refractivity contribution in [2.24, 2.45) is 0 Å². The number of benzene rings is 1. The minimum absolute atomic E-state index is 0.0359. The van der Waals surface area contributed by atoms with Crippen LogP contribution in [-0.4, -0.2) is 34.3 Å². The van der Waals surface area contributed by atoms with Gasteiger partial charge in [-0.1, -0.05) is 18.2 Å². The molecule has 2 rings (SSSR count). The number of unbranched alkanes of at least 4 members (excludes halogenated alkanes) is 1. The predicted octanol–water partition coefficient (Wildman–Crippen LogP) is 1.93. The van der Waals surface area contributed by atoms with Crippen molar-refractivity contribution in [3.63, 3.8) is 0 Å². The van der Waals surface area contributed by atoms with E-state index in [-0.39, 0.29) is 24.1 Å². The van der Waals surface area contributed by atoms with Crippen molar-refractivity contribution in [1.82, 2.24) is 4.90 Å². The topological polar surface area (TPSA) is 74.7 Å². The number of carboxylic acids is 1. The Morgan fingerprint density at radius 1 is 1.25 bits per heavy atom. The maximum atomic E-state index is 14.0. The van der Waals surface area contributed by atoms with Crippen molar-refractivity contribution >= 4 is 17.8 Å². The summed E-state index contributed by atoms with van der Waals surface area (Å²) >= 11 is 0. The number of carbonyl (C=O) groups excluding carboxylic acids is 2. The van der Waals surface area contributed by atoms with Crippen molar-refractivity contribution in [3.8, 4) is 0 Å². The fourth-order valence-electron chi connectivity index (χ4n) is 2.19. The number of carboxylic acid groups (broad SMARTS) is 1. The molecule has 0 bridgehead atoms. The fourth-order valence-corrected chi connectivity index (χ4v) is 2.19.